The lowest BCUT2D eigenvalue weighted by molar-refractivity contribution is -0.137. The zero-order valence-electron chi connectivity index (χ0n) is 14.8. The van der Waals surface area contributed by atoms with Crippen molar-refractivity contribution in [1.29, 1.82) is 0 Å². The van der Waals surface area contributed by atoms with Gasteiger partial charge >= 0.3 is 6.18 Å². The molecule has 0 fully saturated rings. The van der Waals surface area contributed by atoms with E-state index in [9.17, 15) is 31.2 Å². The molecule has 0 atom stereocenters. The van der Waals surface area contributed by atoms with Crippen LogP contribution in [0.5, 0.6) is 0 Å². The van der Waals surface area contributed by atoms with E-state index in [2.05, 4.69) is 5.32 Å². The van der Waals surface area contributed by atoms with Crippen LogP contribution in [0.15, 0.2) is 39.4 Å². The molecule has 0 aliphatic rings. The summed E-state index contributed by atoms with van der Waals surface area (Å²) < 4.78 is 63.1. The van der Waals surface area contributed by atoms with Crippen LogP contribution in [0.1, 0.15) is 36.2 Å². The molecule has 11 heteroatoms. The molecule has 0 saturated heterocycles. The van der Waals surface area contributed by atoms with E-state index in [4.69, 9.17) is 5.73 Å². The lowest BCUT2D eigenvalue weighted by Crippen LogP contribution is -2.17. The van der Waals surface area contributed by atoms with Crippen LogP contribution in [0.25, 0.3) is 0 Å². The zero-order chi connectivity index (χ0) is 21.3. The van der Waals surface area contributed by atoms with Gasteiger partial charge < -0.3 is 11.1 Å². The van der Waals surface area contributed by atoms with Crippen molar-refractivity contribution in [3.05, 3.63) is 41.5 Å². The normalized spacial score (nSPS) is 12.2. The van der Waals surface area contributed by atoms with Crippen molar-refractivity contribution >= 4 is 38.0 Å². The minimum atomic E-state index is -4.60. The molecule has 2 aromatic rings. The number of amides is 2. The van der Waals surface area contributed by atoms with E-state index in [1.54, 1.807) is 0 Å². The van der Waals surface area contributed by atoms with Crippen LogP contribution in [0.2, 0.25) is 0 Å². The lowest BCUT2D eigenvalue weighted by Gasteiger charge is -2.07. The molecule has 1 heterocycles. The number of halogens is 3. The van der Waals surface area contributed by atoms with Gasteiger partial charge in [0, 0.05) is 6.42 Å². The number of nitrogens with one attached hydrogen (secondary N) is 1. The lowest BCUT2D eigenvalue weighted by atomic mass is 10.1. The number of carbonyl (C=O) groups is 2. The van der Waals surface area contributed by atoms with Crippen LogP contribution in [0.4, 0.5) is 18.2 Å². The molecule has 0 radical (unpaired) electrons. The second-order valence-electron chi connectivity index (χ2n) is 6.34. The number of thiophene rings is 1. The average molecular weight is 434 g/mol. The number of anilines is 1. The molecule has 0 aliphatic heterocycles. The summed E-state index contributed by atoms with van der Waals surface area (Å²) in [6.45, 7) is 3.62. The summed E-state index contributed by atoms with van der Waals surface area (Å²) in [5.74, 6) is -1.32. The van der Waals surface area contributed by atoms with Crippen LogP contribution in [-0.2, 0) is 20.8 Å². The molecule has 2 amide bonds. The number of nitrogens with two attached hydrogens (primary N) is 1. The number of primary amides is 1. The fraction of sp³-hybridized carbons (Fsp3) is 0.294. The minimum Gasteiger partial charge on any atom is -0.366 e. The first-order chi connectivity index (χ1) is 12.8. The van der Waals surface area contributed by atoms with Gasteiger partial charge in [0.25, 0.3) is 5.91 Å². The van der Waals surface area contributed by atoms with E-state index >= 15 is 0 Å². The smallest absolute Gasteiger partial charge is 0.366 e. The fourth-order valence-electron chi connectivity index (χ4n) is 2.26. The minimum absolute atomic E-state index is 0.0244. The average Bonchev–Trinajstić information content (AvgIpc) is 2.98. The van der Waals surface area contributed by atoms with Gasteiger partial charge in [-0.3, -0.25) is 9.59 Å². The number of hydrogen-bond donors (Lipinski definition) is 2. The van der Waals surface area contributed by atoms with Crippen molar-refractivity contribution in [3.8, 4) is 0 Å². The summed E-state index contributed by atoms with van der Waals surface area (Å²) in [7, 11) is -4.20. The van der Waals surface area contributed by atoms with Crippen LogP contribution in [0.3, 0.4) is 0 Å². The van der Waals surface area contributed by atoms with E-state index in [1.807, 2.05) is 13.8 Å². The second-order valence-corrected chi connectivity index (χ2v) is 9.57. The van der Waals surface area contributed by atoms with Crippen molar-refractivity contribution in [2.45, 2.75) is 35.5 Å². The Balaban J connectivity index is 2.42. The molecule has 0 saturated carbocycles. The number of carbonyl (C=O) groups excluding carboxylic acids is 2. The standard InChI is InChI=1S/C17H17F3N2O4S2/c1-9(2)7-13(23)22-16-12(15(21)24)8-14(27-16)28(25,26)11-5-3-10(4-6-11)17(18,19)20/h3-6,8-9H,7H2,1-2H3,(H2,21,24)(H,22,23). The molecule has 152 valence electrons. The highest BCUT2D eigenvalue weighted by Gasteiger charge is 2.31. The van der Waals surface area contributed by atoms with E-state index in [0.717, 1.165) is 18.2 Å². The maximum Gasteiger partial charge on any atom is 0.416 e. The van der Waals surface area contributed by atoms with Crippen molar-refractivity contribution in [2.24, 2.45) is 11.7 Å². The summed E-state index contributed by atoms with van der Waals surface area (Å²) in [6.07, 6.45) is -4.45. The highest BCUT2D eigenvalue weighted by molar-refractivity contribution is 7.93. The summed E-state index contributed by atoms with van der Waals surface area (Å²) in [5, 5.41) is 2.44. The van der Waals surface area contributed by atoms with Crippen LogP contribution < -0.4 is 11.1 Å². The first-order valence-electron chi connectivity index (χ1n) is 7.98. The number of alkyl halides is 3. The van der Waals surface area contributed by atoms with Gasteiger partial charge in [0.05, 0.1) is 16.0 Å². The van der Waals surface area contributed by atoms with Crippen molar-refractivity contribution < 1.29 is 31.2 Å². The molecule has 2 rings (SSSR count). The monoisotopic (exact) mass is 434 g/mol. The Hall–Kier alpha value is -2.40. The molecule has 0 unspecified atom stereocenters. The molecule has 6 nitrogen and oxygen atoms in total. The van der Waals surface area contributed by atoms with Gasteiger partial charge in [-0.15, -0.1) is 11.3 Å². The van der Waals surface area contributed by atoms with Gasteiger partial charge in [-0.25, -0.2) is 8.42 Å². The van der Waals surface area contributed by atoms with E-state index in [1.165, 1.54) is 0 Å². The summed E-state index contributed by atoms with van der Waals surface area (Å²) in [6, 6.07) is 3.98. The van der Waals surface area contributed by atoms with Gasteiger partial charge in [0.15, 0.2) is 0 Å². The Kier molecular flexibility index (Phi) is 6.19. The summed E-state index contributed by atoms with van der Waals surface area (Å²) in [4.78, 5) is 23.2. The largest absolute Gasteiger partial charge is 0.416 e. The Morgan fingerprint density at radius 3 is 2.21 bits per heavy atom. The van der Waals surface area contributed by atoms with E-state index < -0.39 is 33.4 Å². The number of hydrogen-bond acceptors (Lipinski definition) is 5. The number of rotatable bonds is 6. The van der Waals surface area contributed by atoms with Crippen LogP contribution in [-0.4, -0.2) is 20.2 Å². The highest BCUT2D eigenvalue weighted by Crippen LogP contribution is 2.36. The number of sulfone groups is 1. The Morgan fingerprint density at radius 1 is 1.18 bits per heavy atom. The third-order valence-electron chi connectivity index (χ3n) is 3.58. The van der Waals surface area contributed by atoms with Crippen molar-refractivity contribution in [1.82, 2.24) is 0 Å². The molecule has 0 bridgehead atoms. The van der Waals surface area contributed by atoms with Gasteiger partial charge in [-0.1, -0.05) is 13.8 Å². The zero-order valence-corrected chi connectivity index (χ0v) is 16.5. The first kappa shape index (κ1) is 21.9. The Bertz CT molecular complexity index is 994. The van der Waals surface area contributed by atoms with E-state index in [0.29, 0.717) is 23.5 Å². The van der Waals surface area contributed by atoms with Crippen molar-refractivity contribution in [3.63, 3.8) is 0 Å². The molecular formula is C17H17F3N2O4S2. The topological polar surface area (TPSA) is 106 Å². The SMILES string of the molecule is CC(C)CC(=O)Nc1sc(S(=O)(=O)c2ccc(C(F)(F)F)cc2)cc1C(N)=O. The second kappa shape index (κ2) is 7.92. The molecule has 0 spiro atoms. The first-order valence-corrected chi connectivity index (χ1v) is 10.3. The highest BCUT2D eigenvalue weighted by atomic mass is 32.2. The van der Waals surface area contributed by atoms with Gasteiger partial charge in [-0.05, 0) is 36.2 Å². The molecule has 1 aromatic heterocycles. The molecule has 0 aliphatic carbocycles. The Morgan fingerprint density at radius 2 is 1.75 bits per heavy atom. The van der Waals surface area contributed by atoms with Gasteiger partial charge in [0.2, 0.25) is 15.7 Å². The van der Waals surface area contributed by atoms with Gasteiger partial charge in [-0.2, -0.15) is 13.2 Å². The van der Waals surface area contributed by atoms with Crippen molar-refractivity contribution in [2.75, 3.05) is 5.32 Å². The maximum atomic E-state index is 12.7. The fourth-order valence-corrected chi connectivity index (χ4v) is 5.05. The Labute approximate surface area is 163 Å². The third kappa shape index (κ3) is 4.90. The molecule has 1 aromatic carbocycles. The predicted octanol–water partition coefficient (Wildman–Crippen LogP) is 3.68. The molecular weight excluding hydrogens is 417 g/mol. The van der Waals surface area contributed by atoms with E-state index in [-0.39, 0.29) is 32.0 Å². The van der Waals surface area contributed by atoms with Gasteiger partial charge in [0.1, 0.15) is 9.21 Å². The predicted molar refractivity (Wildman–Crippen MR) is 97.8 cm³/mol. The summed E-state index contributed by atoms with van der Waals surface area (Å²) >= 11 is 0.612. The quantitative estimate of drug-likeness (QED) is 0.723. The number of benzene rings is 1. The summed E-state index contributed by atoms with van der Waals surface area (Å²) in [5.41, 5.74) is 4.07. The molecule has 28 heavy (non-hydrogen) atoms. The third-order valence-corrected chi connectivity index (χ3v) is 6.87. The van der Waals surface area contributed by atoms with Crippen LogP contribution >= 0.6 is 11.3 Å². The maximum absolute atomic E-state index is 12.7. The van der Waals surface area contributed by atoms with Crippen LogP contribution in [0, 0.1) is 5.92 Å². The molecule has 3 N–H and O–H groups in total.